The van der Waals surface area contributed by atoms with E-state index in [2.05, 4.69) is 35.6 Å². The van der Waals surface area contributed by atoms with Gasteiger partial charge in [0.05, 0.1) is 16.0 Å². The minimum absolute atomic E-state index is 0.104. The topological polar surface area (TPSA) is 12.0 Å². The van der Waals surface area contributed by atoms with Crippen LogP contribution in [0.15, 0.2) is 48.5 Å². The molecule has 0 unspecified atom stereocenters. The van der Waals surface area contributed by atoms with E-state index < -0.39 is 0 Å². The van der Waals surface area contributed by atoms with Crippen LogP contribution in [0.5, 0.6) is 0 Å². The maximum absolute atomic E-state index is 6.16. The Morgan fingerprint density at radius 2 is 1.81 bits per heavy atom. The predicted molar refractivity (Wildman–Crippen MR) is 90.7 cm³/mol. The van der Waals surface area contributed by atoms with Crippen molar-refractivity contribution in [1.82, 2.24) is 5.32 Å². The van der Waals surface area contributed by atoms with Crippen LogP contribution in [0.3, 0.4) is 0 Å². The van der Waals surface area contributed by atoms with Crippen molar-refractivity contribution >= 4 is 34.8 Å². The fourth-order valence-corrected chi connectivity index (χ4v) is 3.53. The smallest absolute Gasteiger partial charge is 0.0713 e. The molecule has 0 spiro atoms. The van der Waals surface area contributed by atoms with Crippen molar-refractivity contribution in [1.29, 1.82) is 0 Å². The first-order valence-corrected chi connectivity index (χ1v) is 8.23. The van der Waals surface area contributed by atoms with Crippen molar-refractivity contribution in [3.63, 3.8) is 0 Å². The first-order chi connectivity index (χ1) is 10.2. The Morgan fingerprint density at radius 1 is 1.05 bits per heavy atom. The van der Waals surface area contributed by atoms with Gasteiger partial charge in [0.2, 0.25) is 0 Å². The van der Waals surface area contributed by atoms with Gasteiger partial charge in [-0.3, -0.25) is 0 Å². The Morgan fingerprint density at radius 3 is 2.48 bits per heavy atom. The Balaban J connectivity index is 1.92. The zero-order valence-corrected chi connectivity index (χ0v) is 13.7. The van der Waals surface area contributed by atoms with E-state index in [4.69, 9.17) is 34.8 Å². The van der Waals surface area contributed by atoms with Gasteiger partial charge in [-0.05, 0) is 35.6 Å². The minimum atomic E-state index is 0.104. The summed E-state index contributed by atoms with van der Waals surface area (Å²) in [6.45, 7) is 0.866. The third kappa shape index (κ3) is 2.93. The highest BCUT2D eigenvalue weighted by atomic mass is 35.5. The van der Waals surface area contributed by atoms with Gasteiger partial charge in [0.25, 0.3) is 0 Å². The summed E-state index contributed by atoms with van der Waals surface area (Å²) >= 11 is 18.0. The van der Waals surface area contributed by atoms with E-state index in [9.17, 15) is 0 Å². The average molecular weight is 341 g/mol. The number of rotatable bonds is 5. The van der Waals surface area contributed by atoms with Crippen LogP contribution >= 0.6 is 34.8 Å². The molecular formula is C17H16Cl3N. The molecule has 0 saturated heterocycles. The van der Waals surface area contributed by atoms with Gasteiger partial charge in [-0.1, -0.05) is 59.6 Å². The number of benzene rings is 2. The molecule has 0 aromatic heterocycles. The molecule has 0 heterocycles. The molecule has 1 fully saturated rings. The summed E-state index contributed by atoms with van der Waals surface area (Å²) in [6.07, 6.45) is 1.10. The molecule has 0 radical (unpaired) electrons. The third-order valence-corrected chi connectivity index (χ3v) is 5.23. The lowest BCUT2D eigenvalue weighted by Gasteiger charge is -2.19. The number of alkyl halides is 1. The van der Waals surface area contributed by atoms with Gasteiger partial charge in [-0.2, -0.15) is 0 Å². The van der Waals surface area contributed by atoms with Crippen molar-refractivity contribution in [2.24, 2.45) is 0 Å². The van der Waals surface area contributed by atoms with Crippen LogP contribution in [-0.2, 0) is 5.41 Å². The predicted octanol–water partition coefficient (Wildman–Crippen LogP) is 5.20. The van der Waals surface area contributed by atoms with Gasteiger partial charge in [0.15, 0.2) is 0 Å². The van der Waals surface area contributed by atoms with Crippen LogP contribution in [0.4, 0.5) is 0 Å². The standard InChI is InChI=1S/C17H16Cl3N/c18-11-21-10-17(13-4-2-1-3-5-13)9-14(17)12-6-7-15(19)16(20)8-12/h1-8,14,21H,9-11H2/t14-,17-/m1/s1. The average Bonchev–Trinajstić information content (AvgIpc) is 3.25. The Labute approximate surface area is 140 Å². The lowest BCUT2D eigenvalue weighted by Crippen LogP contribution is -2.27. The van der Waals surface area contributed by atoms with E-state index in [1.807, 2.05) is 18.2 Å². The van der Waals surface area contributed by atoms with E-state index >= 15 is 0 Å². The second-order valence-electron chi connectivity index (χ2n) is 5.51. The number of hydrogen-bond donors (Lipinski definition) is 1. The van der Waals surface area contributed by atoms with E-state index in [0.717, 1.165) is 13.0 Å². The Hall–Kier alpha value is -0.730. The zero-order valence-electron chi connectivity index (χ0n) is 11.5. The highest BCUT2D eigenvalue weighted by Gasteiger charge is 2.55. The van der Waals surface area contributed by atoms with Crippen molar-refractivity contribution in [3.05, 3.63) is 69.7 Å². The maximum atomic E-state index is 6.16. The number of halogens is 3. The zero-order chi connectivity index (χ0) is 14.9. The summed E-state index contributed by atoms with van der Waals surface area (Å²) in [7, 11) is 0. The van der Waals surface area contributed by atoms with Crippen LogP contribution in [0, 0.1) is 0 Å². The lowest BCUT2D eigenvalue weighted by molar-refractivity contribution is 0.596. The Bertz CT molecular complexity index is 629. The monoisotopic (exact) mass is 339 g/mol. The minimum Gasteiger partial charge on any atom is -0.303 e. The van der Waals surface area contributed by atoms with Gasteiger partial charge >= 0.3 is 0 Å². The van der Waals surface area contributed by atoms with Crippen LogP contribution < -0.4 is 5.32 Å². The first kappa shape index (κ1) is 15.2. The molecule has 1 nitrogen and oxygen atoms in total. The molecule has 0 bridgehead atoms. The van der Waals surface area contributed by atoms with Gasteiger partial charge in [0, 0.05) is 12.0 Å². The Kier molecular flexibility index (Phi) is 4.46. The van der Waals surface area contributed by atoms with Gasteiger partial charge in [-0.15, -0.1) is 11.6 Å². The molecule has 1 N–H and O–H groups in total. The molecule has 2 aromatic rings. The molecule has 3 rings (SSSR count). The second kappa shape index (κ2) is 6.18. The summed E-state index contributed by atoms with van der Waals surface area (Å²) in [4.78, 5) is 0. The highest BCUT2D eigenvalue weighted by Crippen LogP contribution is 2.60. The van der Waals surface area contributed by atoms with Crippen molar-refractivity contribution in [2.45, 2.75) is 17.8 Å². The number of nitrogens with one attached hydrogen (secondary N) is 1. The van der Waals surface area contributed by atoms with Gasteiger partial charge in [0.1, 0.15) is 0 Å². The second-order valence-corrected chi connectivity index (χ2v) is 6.59. The molecule has 2 aromatic carbocycles. The van der Waals surface area contributed by atoms with E-state index in [-0.39, 0.29) is 5.41 Å². The summed E-state index contributed by atoms with van der Waals surface area (Å²) in [6, 6.07) is 17.0. The summed E-state index contributed by atoms with van der Waals surface area (Å²) in [5.74, 6) is 0.449. The molecule has 1 aliphatic rings. The molecule has 4 heteroatoms. The third-order valence-electron chi connectivity index (χ3n) is 4.30. The quantitative estimate of drug-likeness (QED) is 0.582. The largest absolute Gasteiger partial charge is 0.303 e. The molecule has 0 amide bonds. The molecule has 2 atom stereocenters. The first-order valence-electron chi connectivity index (χ1n) is 6.94. The highest BCUT2D eigenvalue weighted by molar-refractivity contribution is 6.42. The molecule has 1 saturated carbocycles. The molecule has 110 valence electrons. The van der Waals surface area contributed by atoms with E-state index in [1.165, 1.54) is 11.1 Å². The summed E-state index contributed by atoms with van der Waals surface area (Å²) in [5, 5.41) is 4.50. The van der Waals surface area contributed by atoms with Gasteiger partial charge in [-0.25, -0.2) is 0 Å². The molecule has 1 aliphatic carbocycles. The fourth-order valence-electron chi connectivity index (χ4n) is 3.13. The fraction of sp³-hybridized carbons (Fsp3) is 0.294. The summed E-state index contributed by atoms with van der Waals surface area (Å²) in [5.41, 5.74) is 2.69. The van der Waals surface area contributed by atoms with Crippen LogP contribution in [-0.4, -0.2) is 12.5 Å². The van der Waals surface area contributed by atoms with Crippen molar-refractivity contribution in [3.8, 4) is 0 Å². The van der Waals surface area contributed by atoms with Crippen LogP contribution in [0.2, 0.25) is 10.0 Å². The maximum Gasteiger partial charge on any atom is 0.0713 e. The van der Waals surface area contributed by atoms with Crippen molar-refractivity contribution < 1.29 is 0 Å². The number of hydrogen-bond acceptors (Lipinski definition) is 1. The van der Waals surface area contributed by atoms with E-state index in [0.29, 0.717) is 22.0 Å². The lowest BCUT2D eigenvalue weighted by atomic mass is 9.90. The van der Waals surface area contributed by atoms with E-state index in [1.54, 1.807) is 0 Å². The molecule has 0 aliphatic heterocycles. The molecular weight excluding hydrogens is 325 g/mol. The van der Waals surface area contributed by atoms with Gasteiger partial charge < -0.3 is 5.32 Å². The molecule has 21 heavy (non-hydrogen) atoms. The van der Waals surface area contributed by atoms with Crippen LogP contribution in [0.1, 0.15) is 23.5 Å². The SMILES string of the molecule is ClCNC[C@@]1(c2ccccc2)C[C@@H]1c1ccc(Cl)c(Cl)c1. The normalized spacial score (nSPS) is 24.0. The van der Waals surface area contributed by atoms with Crippen molar-refractivity contribution in [2.75, 3.05) is 12.5 Å². The van der Waals surface area contributed by atoms with Crippen LogP contribution in [0.25, 0.3) is 0 Å². The summed E-state index contributed by atoms with van der Waals surface area (Å²) < 4.78 is 0.